The topological polar surface area (TPSA) is 92.2 Å². The van der Waals surface area contributed by atoms with Gasteiger partial charge in [-0.25, -0.2) is 4.79 Å². The van der Waals surface area contributed by atoms with E-state index in [0.717, 1.165) is 12.8 Å². The Morgan fingerprint density at radius 3 is 1.80 bits per heavy atom. The van der Waals surface area contributed by atoms with Gasteiger partial charge < -0.3 is 16.6 Å². The van der Waals surface area contributed by atoms with Gasteiger partial charge in [-0.1, -0.05) is 19.8 Å². The molecule has 0 spiro atoms. The third-order valence-electron chi connectivity index (χ3n) is 0.498. The summed E-state index contributed by atoms with van der Waals surface area (Å²) < 4.78 is 0. The van der Waals surface area contributed by atoms with Crippen LogP contribution in [0.15, 0.2) is 0 Å². The summed E-state index contributed by atoms with van der Waals surface area (Å²) in [6, 6.07) is -0.833. The first-order chi connectivity index (χ1) is 4.15. The minimum atomic E-state index is -0.833. The van der Waals surface area contributed by atoms with Crippen LogP contribution < -0.4 is 46.1 Å². The Morgan fingerprint density at radius 1 is 1.50 bits per heavy atom. The van der Waals surface area contributed by atoms with Crippen LogP contribution in [0, 0.1) is 0 Å². The third kappa shape index (κ3) is 86.5. The zero-order chi connectivity index (χ0) is 7.70. The zero-order valence-electron chi connectivity index (χ0n) is 6.59. The number of hydrogen-bond acceptors (Lipinski definition) is 2. The van der Waals surface area contributed by atoms with E-state index in [0.29, 0.717) is 0 Å². The van der Waals surface area contributed by atoms with Gasteiger partial charge in [-0.3, -0.25) is 0 Å². The predicted molar refractivity (Wildman–Crippen MR) is 33.5 cm³/mol. The number of urea groups is 1. The van der Waals surface area contributed by atoms with Crippen molar-refractivity contribution in [2.75, 3.05) is 6.61 Å². The standard InChI is InChI=1S/C4H9O.CH4N2O.Na/c1-2-3-4-5;2-1(3)4;/h2-4H2,1H3;(H4,2,3,4);/q-1;;+1. The quantitative estimate of drug-likeness (QED) is 0.401. The average molecular weight is 156 g/mol. The van der Waals surface area contributed by atoms with E-state index in [1.807, 2.05) is 6.92 Å². The molecular weight excluding hydrogens is 143 g/mol. The largest absolute Gasteiger partial charge is 1.00 e. The molecule has 0 saturated carbocycles. The molecule has 0 aromatic rings. The van der Waals surface area contributed by atoms with Crippen LogP contribution >= 0.6 is 0 Å². The maximum atomic E-state index is 9.53. The molecule has 0 aliphatic carbocycles. The SMILES string of the molecule is CCCC[O-].NC(N)=O.[Na+]. The van der Waals surface area contributed by atoms with Crippen LogP contribution in [0.5, 0.6) is 0 Å². The first kappa shape index (κ1) is 16.7. The fourth-order valence-electron chi connectivity index (χ4n) is 0.144. The molecule has 0 atom stereocenters. The van der Waals surface area contributed by atoms with Gasteiger partial charge in [0.05, 0.1) is 0 Å². The normalized spacial score (nSPS) is 6.60. The summed E-state index contributed by atoms with van der Waals surface area (Å²) in [6.45, 7) is 2.11. The van der Waals surface area contributed by atoms with Crippen LogP contribution in [0.3, 0.4) is 0 Å². The van der Waals surface area contributed by atoms with Gasteiger partial charge in [0.1, 0.15) is 0 Å². The first-order valence-electron chi connectivity index (χ1n) is 2.78. The van der Waals surface area contributed by atoms with E-state index in [2.05, 4.69) is 11.5 Å². The predicted octanol–water partition coefficient (Wildman–Crippen LogP) is -3.83. The summed E-state index contributed by atoms with van der Waals surface area (Å²) in [4.78, 5) is 9.00. The first-order valence-corrected chi connectivity index (χ1v) is 2.78. The fraction of sp³-hybridized carbons (Fsp3) is 0.800. The Balaban J connectivity index is -0.0000000910. The molecule has 0 bridgehead atoms. The van der Waals surface area contributed by atoms with Gasteiger partial charge in [0.2, 0.25) is 0 Å². The summed E-state index contributed by atoms with van der Waals surface area (Å²) >= 11 is 0. The molecule has 0 aliphatic heterocycles. The molecular formula is C5H13N2NaO2. The number of rotatable bonds is 2. The van der Waals surface area contributed by atoms with Crippen molar-refractivity contribution in [2.45, 2.75) is 19.8 Å². The average Bonchev–Trinajstić information content (AvgIpc) is 1.66. The van der Waals surface area contributed by atoms with E-state index in [-0.39, 0.29) is 36.2 Å². The van der Waals surface area contributed by atoms with Crippen molar-refractivity contribution in [1.29, 1.82) is 0 Å². The minimum absolute atomic E-state index is 0. The van der Waals surface area contributed by atoms with Gasteiger partial charge in [-0.05, 0) is 0 Å². The molecule has 10 heavy (non-hydrogen) atoms. The van der Waals surface area contributed by atoms with E-state index in [4.69, 9.17) is 4.79 Å². The van der Waals surface area contributed by atoms with Crippen LogP contribution in [-0.2, 0) is 0 Å². The number of carbonyl (C=O) groups excluding carboxylic acids is 1. The Bertz CT molecular complexity index is 64.7. The van der Waals surface area contributed by atoms with Crippen molar-refractivity contribution in [3.8, 4) is 0 Å². The molecule has 0 rings (SSSR count). The third-order valence-corrected chi connectivity index (χ3v) is 0.498. The summed E-state index contributed by atoms with van der Waals surface area (Å²) in [5.41, 5.74) is 8.50. The fourth-order valence-corrected chi connectivity index (χ4v) is 0.144. The molecule has 0 fully saturated rings. The van der Waals surface area contributed by atoms with Gasteiger partial charge in [-0.2, -0.15) is 0 Å². The summed E-state index contributed by atoms with van der Waals surface area (Å²) in [7, 11) is 0. The summed E-state index contributed by atoms with van der Waals surface area (Å²) in [5.74, 6) is 0. The van der Waals surface area contributed by atoms with Crippen LogP contribution in [-0.4, -0.2) is 12.6 Å². The zero-order valence-corrected chi connectivity index (χ0v) is 8.59. The van der Waals surface area contributed by atoms with E-state index >= 15 is 0 Å². The van der Waals surface area contributed by atoms with Crippen molar-refractivity contribution in [3.63, 3.8) is 0 Å². The van der Waals surface area contributed by atoms with Crippen molar-refractivity contribution >= 4 is 6.03 Å². The van der Waals surface area contributed by atoms with Gasteiger partial charge >= 0.3 is 35.6 Å². The summed E-state index contributed by atoms with van der Waals surface area (Å²) in [6.07, 6.45) is 1.86. The maximum absolute atomic E-state index is 9.53. The van der Waals surface area contributed by atoms with Gasteiger partial charge in [0, 0.05) is 0 Å². The number of nitrogens with two attached hydrogens (primary N) is 2. The smallest absolute Gasteiger partial charge is 0.854 e. The van der Waals surface area contributed by atoms with Crippen LogP contribution in [0.1, 0.15) is 19.8 Å². The monoisotopic (exact) mass is 156 g/mol. The van der Waals surface area contributed by atoms with Crippen LogP contribution in [0.4, 0.5) is 4.79 Å². The Morgan fingerprint density at radius 2 is 1.80 bits per heavy atom. The second kappa shape index (κ2) is 16.1. The molecule has 0 aromatic heterocycles. The van der Waals surface area contributed by atoms with Crippen LogP contribution in [0.2, 0.25) is 0 Å². The number of carbonyl (C=O) groups is 1. The van der Waals surface area contributed by atoms with Crippen molar-refractivity contribution < 1.29 is 39.5 Å². The molecule has 2 amide bonds. The van der Waals surface area contributed by atoms with E-state index < -0.39 is 6.03 Å². The van der Waals surface area contributed by atoms with Gasteiger partial charge in [0.15, 0.2) is 0 Å². The molecule has 0 aliphatic rings. The molecule has 0 heterocycles. The van der Waals surface area contributed by atoms with Crippen molar-refractivity contribution in [3.05, 3.63) is 0 Å². The van der Waals surface area contributed by atoms with Gasteiger partial charge in [0.25, 0.3) is 0 Å². The molecule has 4 nitrogen and oxygen atoms in total. The molecule has 5 heteroatoms. The number of unbranched alkanes of at least 4 members (excludes halogenated alkanes) is 1. The Labute approximate surface area is 83.3 Å². The molecule has 0 saturated heterocycles. The second-order valence-electron chi connectivity index (χ2n) is 1.46. The Hall–Kier alpha value is 0.230. The summed E-state index contributed by atoms with van der Waals surface area (Å²) in [5, 5.41) is 9.53. The molecule has 0 unspecified atom stereocenters. The van der Waals surface area contributed by atoms with E-state index in [1.54, 1.807) is 0 Å². The number of hydrogen-bond donors (Lipinski definition) is 2. The molecule has 0 aromatic carbocycles. The Kier molecular flexibility index (Phi) is 26.9. The van der Waals surface area contributed by atoms with Crippen molar-refractivity contribution in [2.24, 2.45) is 11.5 Å². The molecule has 56 valence electrons. The number of primary amides is 2. The van der Waals surface area contributed by atoms with E-state index in [9.17, 15) is 5.11 Å². The second-order valence-corrected chi connectivity index (χ2v) is 1.46. The van der Waals surface area contributed by atoms with Crippen LogP contribution in [0.25, 0.3) is 0 Å². The minimum Gasteiger partial charge on any atom is -0.854 e. The van der Waals surface area contributed by atoms with Crippen molar-refractivity contribution in [1.82, 2.24) is 0 Å². The van der Waals surface area contributed by atoms with E-state index in [1.165, 1.54) is 0 Å². The van der Waals surface area contributed by atoms with Gasteiger partial charge in [-0.15, -0.1) is 6.61 Å². The maximum Gasteiger partial charge on any atom is 1.00 e. The number of amides is 2. The molecule has 4 N–H and O–H groups in total. The molecule has 0 radical (unpaired) electrons.